The number of rotatable bonds is 5. The molecule has 0 bridgehead atoms. The maximum absolute atomic E-state index is 6.02. The maximum atomic E-state index is 6.02. The van der Waals surface area contributed by atoms with E-state index in [0.717, 1.165) is 25.3 Å². The zero-order valence-electron chi connectivity index (χ0n) is 12.8. The van der Waals surface area contributed by atoms with Gasteiger partial charge >= 0.3 is 0 Å². The quantitative estimate of drug-likeness (QED) is 0.846. The van der Waals surface area contributed by atoms with E-state index in [4.69, 9.17) is 10.5 Å². The fourth-order valence-corrected chi connectivity index (χ4v) is 3.77. The van der Waals surface area contributed by atoms with Gasteiger partial charge in [0, 0.05) is 42.9 Å². The molecular weight excluding hydrogens is 268 g/mol. The monoisotopic (exact) mass is 294 g/mol. The number of hydrogen-bond acceptors (Lipinski definition) is 4. The first-order valence-corrected chi connectivity index (χ1v) is 8.37. The second-order valence-electron chi connectivity index (χ2n) is 5.57. The summed E-state index contributed by atoms with van der Waals surface area (Å²) in [6.45, 7) is 7.01. The molecule has 1 heterocycles. The molecule has 0 amide bonds. The molecule has 3 nitrogen and oxygen atoms in total. The third-order valence-corrected chi connectivity index (χ3v) is 5.09. The molecule has 20 heavy (non-hydrogen) atoms. The third-order valence-electron chi connectivity index (χ3n) is 4.10. The van der Waals surface area contributed by atoms with Gasteiger partial charge in [-0.25, -0.2) is 0 Å². The average Bonchev–Trinajstić information content (AvgIpc) is 2.47. The molecule has 4 heteroatoms. The summed E-state index contributed by atoms with van der Waals surface area (Å²) in [6.07, 6.45) is 2.29. The molecule has 1 aromatic rings. The van der Waals surface area contributed by atoms with Crippen LogP contribution in [0.25, 0.3) is 0 Å². The van der Waals surface area contributed by atoms with Crippen molar-refractivity contribution in [3.63, 3.8) is 0 Å². The van der Waals surface area contributed by atoms with Crippen molar-refractivity contribution in [3.05, 3.63) is 23.8 Å². The Bertz CT molecular complexity index is 452. The van der Waals surface area contributed by atoms with Gasteiger partial charge in [-0.1, -0.05) is 13.0 Å². The normalized spacial score (nSPS) is 23.1. The molecule has 112 valence electrons. The first-order chi connectivity index (χ1) is 9.63. The Morgan fingerprint density at radius 2 is 2.25 bits per heavy atom. The number of thioether (sulfide) groups is 1. The first-order valence-electron chi connectivity index (χ1n) is 7.38. The number of benzene rings is 1. The van der Waals surface area contributed by atoms with E-state index in [-0.39, 0.29) is 5.60 Å². The highest BCUT2D eigenvalue weighted by molar-refractivity contribution is 7.99. The summed E-state index contributed by atoms with van der Waals surface area (Å²) in [5.41, 5.74) is 8.54. The van der Waals surface area contributed by atoms with Crippen molar-refractivity contribution in [1.82, 2.24) is 0 Å². The molecule has 0 spiro atoms. The zero-order chi connectivity index (χ0) is 14.6. The van der Waals surface area contributed by atoms with Crippen molar-refractivity contribution in [2.75, 3.05) is 30.9 Å². The van der Waals surface area contributed by atoms with E-state index < -0.39 is 0 Å². The zero-order valence-corrected chi connectivity index (χ0v) is 13.6. The molecule has 1 aromatic carbocycles. The Hall–Kier alpha value is -0.710. The molecule has 1 aliphatic rings. The molecule has 0 saturated carbocycles. The lowest BCUT2D eigenvalue weighted by atomic mass is 9.94. The predicted octanol–water partition coefficient (Wildman–Crippen LogP) is 3.26. The maximum Gasteiger partial charge on any atom is 0.0825 e. The fraction of sp³-hybridized carbons (Fsp3) is 0.625. The van der Waals surface area contributed by atoms with Gasteiger partial charge in [-0.15, -0.1) is 11.8 Å². The van der Waals surface area contributed by atoms with Crippen LogP contribution in [0.15, 0.2) is 23.1 Å². The highest BCUT2D eigenvalue weighted by Gasteiger charge is 2.31. The SMILES string of the molecule is CCSc1cccc(N2CCCC(C)(OC)C2)c1CN. The number of anilines is 1. The largest absolute Gasteiger partial charge is 0.377 e. The van der Waals surface area contributed by atoms with E-state index in [1.807, 2.05) is 18.9 Å². The van der Waals surface area contributed by atoms with Crippen LogP contribution in [0.5, 0.6) is 0 Å². The summed E-state index contributed by atoms with van der Waals surface area (Å²) >= 11 is 1.87. The molecule has 0 aliphatic carbocycles. The van der Waals surface area contributed by atoms with E-state index in [0.29, 0.717) is 6.54 Å². The Morgan fingerprint density at radius 3 is 2.90 bits per heavy atom. The average molecular weight is 294 g/mol. The van der Waals surface area contributed by atoms with E-state index in [1.165, 1.54) is 22.6 Å². The highest BCUT2D eigenvalue weighted by atomic mass is 32.2. The minimum Gasteiger partial charge on any atom is -0.377 e. The molecular formula is C16H26N2OS. The van der Waals surface area contributed by atoms with E-state index in [1.54, 1.807) is 0 Å². The second-order valence-corrected chi connectivity index (χ2v) is 6.88. The predicted molar refractivity (Wildman–Crippen MR) is 87.6 cm³/mol. The minimum atomic E-state index is -0.0436. The topological polar surface area (TPSA) is 38.5 Å². The lowest BCUT2D eigenvalue weighted by Crippen LogP contribution is -2.47. The molecule has 1 aliphatic heterocycles. The summed E-state index contributed by atoms with van der Waals surface area (Å²) in [5.74, 6) is 1.08. The Labute approximate surface area is 126 Å². The number of piperidine rings is 1. The Balaban J connectivity index is 2.29. The van der Waals surface area contributed by atoms with Crippen molar-refractivity contribution in [3.8, 4) is 0 Å². The number of ether oxygens (including phenoxy) is 1. The molecule has 1 fully saturated rings. The van der Waals surface area contributed by atoms with Crippen LogP contribution in [0.4, 0.5) is 5.69 Å². The van der Waals surface area contributed by atoms with Crippen molar-refractivity contribution in [2.24, 2.45) is 5.73 Å². The van der Waals surface area contributed by atoms with Gasteiger partial charge in [0.25, 0.3) is 0 Å². The number of methoxy groups -OCH3 is 1. The third kappa shape index (κ3) is 3.30. The van der Waals surface area contributed by atoms with Crippen LogP contribution < -0.4 is 10.6 Å². The highest BCUT2D eigenvalue weighted by Crippen LogP contribution is 2.34. The molecule has 1 unspecified atom stereocenters. The van der Waals surface area contributed by atoms with Gasteiger partial charge in [-0.3, -0.25) is 0 Å². The standard InChI is InChI=1S/C16H26N2OS/c1-4-20-15-8-5-7-14(13(15)11-17)18-10-6-9-16(2,12-18)19-3/h5,7-8H,4,6,9-12,17H2,1-3H3. The van der Waals surface area contributed by atoms with Gasteiger partial charge < -0.3 is 15.4 Å². The van der Waals surface area contributed by atoms with Crippen LogP contribution in [0.3, 0.4) is 0 Å². The van der Waals surface area contributed by atoms with Gasteiger partial charge in [0.1, 0.15) is 0 Å². The van der Waals surface area contributed by atoms with Crippen molar-refractivity contribution in [2.45, 2.75) is 43.7 Å². The number of nitrogens with zero attached hydrogens (tertiary/aromatic N) is 1. The molecule has 0 aromatic heterocycles. The van der Waals surface area contributed by atoms with E-state index in [9.17, 15) is 0 Å². The Morgan fingerprint density at radius 1 is 1.45 bits per heavy atom. The lowest BCUT2D eigenvalue weighted by Gasteiger charge is -2.41. The summed E-state index contributed by atoms with van der Waals surface area (Å²) in [4.78, 5) is 3.76. The second kappa shape index (κ2) is 6.83. The van der Waals surface area contributed by atoms with E-state index >= 15 is 0 Å². The van der Waals surface area contributed by atoms with Crippen LogP contribution >= 0.6 is 11.8 Å². The first kappa shape index (κ1) is 15.7. The van der Waals surface area contributed by atoms with Gasteiger partial charge in [-0.2, -0.15) is 0 Å². The van der Waals surface area contributed by atoms with Gasteiger partial charge in [0.2, 0.25) is 0 Å². The smallest absolute Gasteiger partial charge is 0.0825 e. The molecule has 2 N–H and O–H groups in total. The van der Waals surface area contributed by atoms with Crippen LogP contribution in [0, 0.1) is 0 Å². The van der Waals surface area contributed by atoms with Gasteiger partial charge in [0.05, 0.1) is 5.60 Å². The van der Waals surface area contributed by atoms with Crippen LogP contribution in [-0.2, 0) is 11.3 Å². The molecule has 0 radical (unpaired) electrons. The fourth-order valence-electron chi connectivity index (χ4n) is 2.92. The van der Waals surface area contributed by atoms with Crippen LogP contribution in [0.1, 0.15) is 32.3 Å². The van der Waals surface area contributed by atoms with Crippen molar-refractivity contribution >= 4 is 17.4 Å². The summed E-state index contributed by atoms with van der Waals surface area (Å²) in [7, 11) is 1.82. The van der Waals surface area contributed by atoms with Gasteiger partial charge in [-0.05, 0) is 37.7 Å². The molecule has 1 atom stereocenters. The molecule has 2 rings (SSSR count). The van der Waals surface area contributed by atoms with Crippen molar-refractivity contribution < 1.29 is 4.74 Å². The summed E-state index contributed by atoms with van der Waals surface area (Å²) < 4.78 is 5.70. The van der Waals surface area contributed by atoms with Gasteiger partial charge in [0.15, 0.2) is 0 Å². The summed E-state index contributed by atoms with van der Waals surface area (Å²) in [6, 6.07) is 6.52. The Kier molecular flexibility index (Phi) is 5.35. The number of hydrogen-bond donors (Lipinski definition) is 1. The minimum absolute atomic E-state index is 0.0436. The number of nitrogens with two attached hydrogens (primary N) is 1. The van der Waals surface area contributed by atoms with Crippen LogP contribution in [0.2, 0.25) is 0 Å². The molecule has 1 saturated heterocycles. The summed E-state index contributed by atoms with van der Waals surface area (Å²) in [5, 5.41) is 0. The van der Waals surface area contributed by atoms with Crippen LogP contribution in [-0.4, -0.2) is 31.6 Å². The van der Waals surface area contributed by atoms with Crippen molar-refractivity contribution in [1.29, 1.82) is 0 Å². The lowest BCUT2D eigenvalue weighted by molar-refractivity contribution is -0.00469. The van der Waals surface area contributed by atoms with E-state index in [2.05, 4.69) is 36.9 Å².